The lowest BCUT2D eigenvalue weighted by Crippen LogP contribution is -2.36. The number of anilines is 1. The van der Waals surface area contributed by atoms with E-state index in [1.54, 1.807) is 6.07 Å². The smallest absolute Gasteiger partial charge is 0.358 e. The maximum absolute atomic E-state index is 13.6. The van der Waals surface area contributed by atoms with Gasteiger partial charge in [-0.1, -0.05) is 36.3 Å². The Labute approximate surface area is 187 Å². The number of carbonyl (C=O) groups is 4. The van der Waals surface area contributed by atoms with Crippen molar-refractivity contribution in [3.05, 3.63) is 35.8 Å². The molecule has 32 heavy (non-hydrogen) atoms. The maximum Gasteiger partial charge on any atom is 0.358 e. The number of ether oxygens (including phenoxy) is 1. The Hall–Kier alpha value is -3.14. The molecule has 1 N–H and O–H groups in total. The topological polar surface area (TPSA) is 106 Å². The van der Waals surface area contributed by atoms with Crippen LogP contribution in [0, 0.1) is 11.2 Å². The molecule has 8 nitrogen and oxygen atoms in total. The van der Waals surface area contributed by atoms with Gasteiger partial charge in [0.2, 0.25) is 17.7 Å². The predicted molar refractivity (Wildman–Crippen MR) is 114 cm³/mol. The van der Waals surface area contributed by atoms with Crippen LogP contribution in [0.25, 0.3) is 10.4 Å². The van der Waals surface area contributed by atoms with Crippen LogP contribution in [0.4, 0.5) is 9.52 Å². The summed E-state index contributed by atoms with van der Waals surface area (Å²) in [7, 11) is 1.20. The number of methoxy groups -OCH3 is 1. The monoisotopic (exact) mass is 459 g/mol. The lowest BCUT2D eigenvalue weighted by Gasteiger charge is -2.20. The Bertz CT molecular complexity index is 1090. The summed E-state index contributed by atoms with van der Waals surface area (Å²) < 4.78 is 18.4. The maximum atomic E-state index is 13.6. The average molecular weight is 459 g/mol. The van der Waals surface area contributed by atoms with E-state index in [0.29, 0.717) is 10.4 Å². The molecule has 10 heteroatoms. The van der Waals surface area contributed by atoms with E-state index in [2.05, 4.69) is 10.3 Å². The zero-order valence-corrected chi connectivity index (χ0v) is 18.3. The van der Waals surface area contributed by atoms with Crippen molar-refractivity contribution in [2.24, 2.45) is 5.41 Å². The molecule has 1 aromatic heterocycles. The van der Waals surface area contributed by atoms with Crippen LogP contribution in [0.15, 0.2) is 24.3 Å². The highest BCUT2D eigenvalue weighted by atomic mass is 32.1. The number of esters is 1. The first-order valence-electron chi connectivity index (χ1n) is 10.3. The average Bonchev–Trinajstić information content (AvgIpc) is 3.46. The molecule has 0 bridgehead atoms. The van der Waals surface area contributed by atoms with Gasteiger partial charge in [-0.15, -0.1) is 0 Å². The van der Waals surface area contributed by atoms with E-state index in [9.17, 15) is 23.6 Å². The summed E-state index contributed by atoms with van der Waals surface area (Å²) in [6.07, 6.45) is 3.45. The molecule has 1 saturated carbocycles. The van der Waals surface area contributed by atoms with Gasteiger partial charge in [0.1, 0.15) is 5.82 Å². The van der Waals surface area contributed by atoms with Crippen LogP contribution in [-0.4, -0.2) is 47.2 Å². The fraction of sp³-hybridized carbons (Fsp3) is 0.409. The van der Waals surface area contributed by atoms with Crippen molar-refractivity contribution < 1.29 is 28.3 Å². The SMILES string of the molecule is COC(=O)c1nc(NC(=O)CCN2C(=O)CC3(CCCC3)C2=O)sc1-c1cccc(F)c1. The lowest BCUT2D eigenvalue weighted by atomic mass is 9.84. The Morgan fingerprint density at radius 2 is 2.03 bits per heavy atom. The molecule has 1 aliphatic heterocycles. The summed E-state index contributed by atoms with van der Waals surface area (Å²) in [6, 6.07) is 5.67. The first-order chi connectivity index (χ1) is 15.3. The molecule has 2 aliphatic rings. The molecule has 0 radical (unpaired) electrons. The molecule has 1 spiro atoms. The van der Waals surface area contributed by atoms with Crippen LogP contribution >= 0.6 is 11.3 Å². The van der Waals surface area contributed by atoms with E-state index in [-0.39, 0.29) is 42.0 Å². The summed E-state index contributed by atoms with van der Waals surface area (Å²) >= 11 is 1.01. The highest BCUT2D eigenvalue weighted by molar-refractivity contribution is 7.19. The number of halogens is 1. The third-order valence-electron chi connectivity index (χ3n) is 5.95. The van der Waals surface area contributed by atoms with Gasteiger partial charge in [-0.2, -0.15) is 0 Å². The van der Waals surface area contributed by atoms with E-state index in [1.807, 2.05) is 0 Å². The number of hydrogen-bond donors (Lipinski definition) is 1. The molecule has 168 valence electrons. The number of thiazole rings is 1. The summed E-state index contributed by atoms with van der Waals surface area (Å²) in [5, 5.41) is 2.74. The Morgan fingerprint density at radius 1 is 1.28 bits per heavy atom. The summed E-state index contributed by atoms with van der Waals surface area (Å²) in [6.45, 7) is -0.00274. The van der Waals surface area contributed by atoms with Crippen molar-refractivity contribution in [2.45, 2.75) is 38.5 Å². The number of hydrogen-bond acceptors (Lipinski definition) is 7. The van der Waals surface area contributed by atoms with Gasteiger partial charge in [0.15, 0.2) is 10.8 Å². The quantitative estimate of drug-likeness (QED) is 0.524. The van der Waals surface area contributed by atoms with Crippen LogP contribution < -0.4 is 5.32 Å². The molecule has 2 fully saturated rings. The van der Waals surface area contributed by atoms with Gasteiger partial charge in [0, 0.05) is 19.4 Å². The number of aromatic nitrogens is 1. The van der Waals surface area contributed by atoms with Crippen molar-refractivity contribution in [3.63, 3.8) is 0 Å². The molecule has 1 aliphatic carbocycles. The van der Waals surface area contributed by atoms with Gasteiger partial charge < -0.3 is 10.1 Å². The molecular weight excluding hydrogens is 437 g/mol. The minimum Gasteiger partial charge on any atom is -0.464 e. The lowest BCUT2D eigenvalue weighted by molar-refractivity contribution is -0.141. The molecule has 0 unspecified atom stereocenters. The summed E-state index contributed by atoms with van der Waals surface area (Å²) in [5.41, 5.74) is -0.178. The van der Waals surface area contributed by atoms with Gasteiger partial charge >= 0.3 is 5.97 Å². The third kappa shape index (κ3) is 4.14. The molecule has 3 amide bonds. The second-order valence-electron chi connectivity index (χ2n) is 8.01. The highest BCUT2D eigenvalue weighted by Gasteiger charge is 2.52. The minimum absolute atomic E-state index is 0.00274. The van der Waals surface area contributed by atoms with Crippen LogP contribution in [0.1, 0.15) is 49.0 Å². The molecule has 2 heterocycles. The standard InChI is InChI=1S/C22H22FN3O5S/c1-31-19(29)17-18(13-5-4-6-14(23)11-13)32-21(25-17)24-15(27)7-10-26-16(28)12-22(20(26)30)8-2-3-9-22/h4-6,11H,2-3,7-10,12H2,1H3,(H,24,25,27). The highest BCUT2D eigenvalue weighted by Crippen LogP contribution is 2.46. The Morgan fingerprint density at radius 3 is 2.72 bits per heavy atom. The van der Waals surface area contributed by atoms with Crippen LogP contribution in [0.3, 0.4) is 0 Å². The number of nitrogens with one attached hydrogen (secondary N) is 1. The van der Waals surface area contributed by atoms with Crippen LogP contribution in [-0.2, 0) is 19.1 Å². The van der Waals surface area contributed by atoms with E-state index < -0.39 is 23.1 Å². The van der Waals surface area contributed by atoms with Crippen molar-refractivity contribution >= 4 is 40.2 Å². The summed E-state index contributed by atoms with van der Waals surface area (Å²) in [4.78, 5) is 55.3. The van der Waals surface area contributed by atoms with Gasteiger partial charge in [0.05, 0.1) is 17.4 Å². The Kier molecular flexibility index (Phi) is 6.05. The number of benzene rings is 1. The van der Waals surface area contributed by atoms with E-state index >= 15 is 0 Å². The molecular formula is C22H22FN3O5S. The zero-order valence-electron chi connectivity index (χ0n) is 17.5. The van der Waals surface area contributed by atoms with Gasteiger partial charge in [-0.05, 0) is 30.5 Å². The number of likely N-dealkylation sites (tertiary alicyclic amines) is 1. The van der Waals surface area contributed by atoms with Gasteiger partial charge in [0.25, 0.3) is 0 Å². The molecule has 1 aromatic carbocycles. The fourth-order valence-electron chi connectivity index (χ4n) is 4.36. The van der Waals surface area contributed by atoms with Crippen LogP contribution in [0.5, 0.6) is 0 Å². The van der Waals surface area contributed by atoms with Crippen LogP contribution in [0.2, 0.25) is 0 Å². The largest absolute Gasteiger partial charge is 0.464 e. The van der Waals surface area contributed by atoms with E-state index in [4.69, 9.17) is 4.74 Å². The van der Waals surface area contributed by atoms with Crippen molar-refractivity contribution in [3.8, 4) is 10.4 Å². The van der Waals surface area contributed by atoms with E-state index in [0.717, 1.165) is 37.0 Å². The number of rotatable bonds is 6. The van der Waals surface area contributed by atoms with Gasteiger partial charge in [-0.3, -0.25) is 19.3 Å². The van der Waals surface area contributed by atoms with Crippen molar-refractivity contribution in [1.82, 2.24) is 9.88 Å². The van der Waals surface area contributed by atoms with Gasteiger partial charge in [-0.25, -0.2) is 14.2 Å². The normalized spacial score (nSPS) is 17.2. The number of carbonyl (C=O) groups excluding carboxylic acids is 4. The number of nitrogens with zero attached hydrogens (tertiary/aromatic N) is 2. The molecule has 0 atom stereocenters. The second kappa shape index (κ2) is 8.78. The second-order valence-corrected chi connectivity index (χ2v) is 9.01. The van der Waals surface area contributed by atoms with Crippen molar-refractivity contribution in [1.29, 1.82) is 0 Å². The molecule has 4 rings (SSSR count). The number of amides is 3. The third-order valence-corrected chi connectivity index (χ3v) is 6.97. The van der Waals surface area contributed by atoms with E-state index in [1.165, 1.54) is 30.2 Å². The molecule has 2 aromatic rings. The summed E-state index contributed by atoms with van der Waals surface area (Å²) in [5.74, 6) is -2.05. The minimum atomic E-state index is -0.712. The number of imide groups is 1. The molecule has 1 saturated heterocycles. The fourth-order valence-corrected chi connectivity index (χ4v) is 5.32. The zero-order chi connectivity index (χ0) is 22.9. The predicted octanol–water partition coefficient (Wildman–Crippen LogP) is 3.38. The Balaban J connectivity index is 1.45. The first kappa shape index (κ1) is 22.1. The van der Waals surface area contributed by atoms with Crippen molar-refractivity contribution in [2.75, 3.05) is 19.0 Å². The first-order valence-corrected chi connectivity index (χ1v) is 11.1.